The summed E-state index contributed by atoms with van der Waals surface area (Å²) in [6.45, 7) is 2.78. The van der Waals surface area contributed by atoms with Gasteiger partial charge in [-0.2, -0.15) is 4.31 Å². The van der Waals surface area contributed by atoms with Crippen LogP contribution in [-0.4, -0.2) is 44.6 Å². The summed E-state index contributed by atoms with van der Waals surface area (Å²) in [5, 5.41) is 3.24. The van der Waals surface area contributed by atoms with Crippen molar-refractivity contribution < 1.29 is 17.9 Å². The van der Waals surface area contributed by atoms with Gasteiger partial charge in [0.05, 0.1) is 11.5 Å². The van der Waals surface area contributed by atoms with Crippen molar-refractivity contribution in [2.75, 3.05) is 19.7 Å². The van der Waals surface area contributed by atoms with Crippen LogP contribution in [0.3, 0.4) is 0 Å². The zero-order valence-electron chi connectivity index (χ0n) is 12.3. The van der Waals surface area contributed by atoms with Crippen molar-refractivity contribution in [3.63, 3.8) is 0 Å². The molecule has 1 saturated heterocycles. The largest absolute Gasteiger partial charge is 0.450 e. The summed E-state index contributed by atoms with van der Waals surface area (Å²) in [5.41, 5.74) is 0. The first-order valence-electron chi connectivity index (χ1n) is 7.12. The summed E-state index contributed by atoms with van der Waals surface area (Å²) in [4.78, 5) is 11.6. The number of sulfonamides is 1. The van der Waals surface area contributed by atoms with Crippen LogP contribution in [0.1, 0.15) is 19.8 Å². The molecule has 0 aliphatic carbocycles. The lowest BCUT2D eigenvalue weighted by atomic mass is 10.1. The van der Waals surface area contributed by atoms with E-state index in [-0.39, 0.29) is 10.9 Å². The monoisotopic (exact) mass is 346 g/mol. The Labute approximate surface area is 135 Å². The third-order valence-electron chi connectivity index (χ3n) is 3.50. The van der Waals surface area contributed by atoms with Crippen LogP contribution in [0.25, 0.3) is 0 Å². The summed E-state index contributed by atoms with van der Waals surface area (Å²) in [6, 6.07) is 6.06. The zero-order chi connectivity index (χ0) is 16.2. The average Bonchev–Trinajstić information content (AvgIpc) is 2.48. The predicted octanol–water partition coefficient (Wildman–Crippen LogP) is 2.24. The highest BCUT2D eigenvalue weighted by Crippen LogP contribution is 2.22. The third kappa shape index (κ3) is 4.12. The molecule has 0 unspecified atom stereocenters. The van der Waals surface area contributed by atoms with Crippen molar-refractivity contribution in [2.24, 2.45) is 0 Å². The first kappa shape index (κ1) is 17.1. The van der Waals surface area contributed by atoms with Crippen LogP contribution in [0.15, 0.2) is 29.2 Å². The molecule has 1 aliphatic heterocycles. The maximum atomic E-state index is 12.5. The molecule has 122 valence electrons. The Hall–Kier alpha value is -1.31. The minimum atomic E-state index is -3.51. The van der Waals surface area contributed by atoms with Crippen molar-refractivity contribution in [3.05, 3.63) is 29.3 Å². The standard InChI is InChI=1S/C14H19ClN2O4S/c1-2-21-14(18)16-12-7-9-17(10-8-12)22(19,20)13-5-3-11(15)4-6-13/h3-6,12H,2,7-10H2,1H3,(H,16,18). The molecule has 0 aromatic heterocycles. The SMILES string of the molecule is CCOC(=O)NC1CCN(S(=O)(=O)c2ccc(Cl)cc2)CC1. The second kappa shape index (κ2) is 7.30. The van der Waals surface area contributed by atoms with Gasteiger partial charge < -0.3 is 10.1 Å². The van der Waals surface area contributed by atoms with E-state index >= 15 is 0 Å². The van der Waals surface area contributed by atoms with E-state index < -0.39 is 16.1 Å². The first-order valence-corrected chi connectivity index (χ1v) is 8.94. The lowest BCUT2D eigenvalue weighted by Gasteiger charge is -2.31. The number of nitrogens with one attached hydrogen (secondary N) is 1. The van der Waals surface area contributed by atoms with Crippen LogP contribution < -0.4 is 5.32 Å². The molecule has 0 atom stereocenters. The van der Waals surface area contributed by atoms with Gasteiger partial charge in [0.25, 0.3) is 0 Å². The number of nitrogens with zero attached hydrogens (tertiary/aromatic N) is 1. The zero-order valence-corrected chi connectivity index (χ0v) is 13.9. The van der Waals surface area contributed by atoms with Crippen LogP contribution in [0.5, 0.6) is 0 Å². The Kier molecular flexibility index (Phi) is 5.66. The van der Waals surface area contributed by atoms with Crippen molar-refractivity contribution >= 4 is 27.7 Å². The lowest BCUT2D eigenvalue weighted by Crippen LogP contribution is -2.46. The number of hydrogen-bond donors (Lipinski definition) is 1. The van der Waals surface area contributed by atoms with E-state index in [1.807, 2.05) is 0 Å². The van der Waals surface area contributed by atoms with E-state index in [0.29, 0.717) is 37.6 Å². The second-order valence-electron chi connectivity index (χ2n) is 5.00. The Morgan fingerprint density at radius 2 is 1.91 bits per heavy atom. The molecule has 0 radical (unpaired) electrons. The lowest BCUT2D eigenvalue weighted by molar-refractivity contribution is 0.143. The van der Waals surface area contributed by atoms with Crippen molar-refractivity contribution in [2.45, 2.75) is 30.7 Å². The number of carbonyl (C=O) groups is 1. The summed E-state index contributed by atoms with van der Waals surface area (Å²) in [5.74, 6) is 0. The first-order chi connectivity index (χ1) is 10.4. The third-order valence-corrected chi connectivity index (χ3v) is 5.67. The maximum absolute atomic E-state index is 12.5. The van der Waals surface area contributed by atoms with Gasteiger partial charge in [0, 0.05) is 24.2 Å². The number of amides is 1. The van der Waals surface area contributed by atoms with Gasteiger partial charge in [0.2, 0.25) is 10.0 Å². The van der Waals surface area contributed by atoms with E-state index in [9.17, 15) is 13.2 Å². The number of piperidine rings is 1. The van der Waals surface area contributed by atoms with Crippen molar-refractivity contribution in [3.8, 4) is 0 Å². The number of rotatable bonds is 4. The van der Waals surface area contributed by atoms with Gasteiger partial charge >= 0.3 is 6.09 Å². The number of halogens is 1. The highest BCUT2D eigenvalue weighted by Gasteiger charge is 2.30. The van der Waals surface area contributed by atoms with E-state index in [1.54, 1.807) is 19.1 Å². The van der Waals surface area contributed by atoms with Gasteiger partial charge in [-0.25, -0.2) is 13.2 Å². The molecule has 1 N–H and O–H groups in total. The predicted molar refractivity (Wildman–Crippen MR) is 83.4 cm³/mol. The van der Waals surface area contributed by atoms with E-state index in [1.165, 1.54) is 16.4 Å². The van der Waals surface area contributed by atoms with Gasteiger partial charge in [-0.15, -0.1) is 0 Å². The Morgan fingerprint density at radius 1 is 1.32 bits per heavy atom. The molecular formula is C14H19ClN2O4S. The second-order valence-corrected chi connectivity index (χ2v) is 7.37. The number of hydrogen-bond acceptors (Lipinski definition) is 4. The summed E-state index contributed by atoms with van der Waals surface area (Å²) in [6.07, 6.45) is 0.665. The molecule has 0 bridgehead atoms. The molecule has 0 spiro atoms. The van der Waals surface area contributed by atoms with Gasteiger partial charge in [-0.1, -0.05) is 11.6 Å². The fraction of sp³-hybridized carbons (Fsp3) is 0.500. The molecule has 1 amide bonds. The van der Waals surface area contributed by atoms with E-state index in [2.05, 4.69) is 5.32 Å². The number of ether oxygens (including phenoxy) is 1. The minimum absolute atomic E-state index is 0.0595. The topological polar surface area (TPSA) is 75.7 Å². The fourth-order valence-corrected chi connectivity index (χ4v) is 3.93. The number of carbonyl (C=O) groups excluding carboxylic acids is 1. The van der Waals surface area contributed by atoms with E-state index in [4.69, 9.17) is 16.3 Å². The molecular weight excluding hydrogens is 328 g/mol. The molecule has 1 aromatic carbocycles. The fourth-order valence-electron chi connectivity index (χ4n) is 2.34. The Balaban J connectivity index is 1.96. The highest BCUT2D eigenvalue weighted by molar-refractivity contribution is 7.89. The summed E-state index contributed by atoms with van der Waals surface area (Å²) >= 11 is 5.78. The molecule has 1 aliphatic rings. The Bertz CT molecular complexity index is 610. The molecule has 1 aromatic rings. The van der Waals surface area contributed by atoms with E-state index in [0.717, 1.165) is 0 Å². The van der Waals surface area contributed by atoms with Crippen LogP contribution in [-0.2, 0) is 14.8 Å². The molecule has 0 saturated carbocycles. The minimum Gasteiger partial charge on any atom is -0.450 e. The summed E-state index contributed by atoms with van der Waals surface area (Å²) in [7, 11) is -3.51. The molecule has 8 heteroatoms. The van der Waals surface area contributed by atoms with Gasteiger partial charge in [0.1, 0.15) is 0 Å². The summed E-state index contributed by atoms with van der Waals surface area (Å²) < 4.78 is 31.3. The quantitative estimate of drug-likeness (QED) is 0.907. The van der Waals surface area contributed by atoms with Gasteiger partial charge in [-0.05, 0) is 44.0 Å². The number of benzene rings is 1. The molecule has 2 rings (SSSR count). The van der Waals surface area contributed by atoms with Crippen LogP contribution in [0.4, 0.5) is 4.79 Å². The van der Waals surface area contributed by atoms with Crippen molar-refractivity contribution in [1.82, 2.24) is 9.62 Å². The van der Waals surface area contributed by atoms with Crippen LogP contribution >= 0.6 is 11.6 Å². The molecule has 1 heterocycles. The van der Waals surface area contributed by atoms with Crippen molar-refractivity contribution in [1.29, 1.82) is 0 Å². The maximum Gasteiger partial charge on any atom is 0.407 e. The molecule has 22 heavy (non-hydrogen) atoms. The normalized spacial score (nSPS) is 17.2. The van der Waals surface area contributed by atoms with Crippen LogP contribution in [0.2, 0.25) is 5.02 Å². The average molecular weight is 347 g/mol. The van der Waals surface area contributed by atoms with Gasteiger partial charge in [0.15, 0.2) is 0 Å². The molecule has 6 nitrogen and oxygen atoms in total. The van der Waals surface area contributed by atoms with Gasteiger partial charge in [-0.3, -0.25) is 0 Å². The highest BCUT2D eigenvalue weighted by atomic mass is 35.5. The molecule has 1 fully saturated rings. The smallest absolute Gasteiger partial charge is 0.407 e. The Morgan fingerprint density at radius 3 is 2.45 bits per heavy atom. The van der Waals surface area contributed by atoms with Crippen LogP contribution in [0, 0.1) is 0 Å². The number of alkyl carbamates (subject to hydrolysis) is 1.